The molecule has 1 N–H and O–H groups in total. The fourth-order valence-electron chi connectivity index (χ4n) is 4.17. The smallest absolute Gasteiger partial charge is 0.339 e. The quantitative estimate of drug-likeness (QED) is 0.621. The van der Waals surface area contributed by atoms with Crippen LogP contribution in [0.25, 0.3) is 11.0 Å². The molecule has 0 spiro atoms. The van der Waals surface area contributed by atoms with Crippen molar-refractivity contribution in [3.05, 3.63) is 75.1 Å². The van der Waals surface area contributed by atoms with E-state index in [1.54, 1.807) is 6.92 Å². The van der Waals surface area contributed by atoms with Crippen molar-refractivity contribution in [1.29, 1.82) is 0 Å². The van der Waals surface area contributed by atoms with Gasteiger partial charge in [-0.1, -0.05) is 24.3 Å². The first-order valence-electron chi connectivity index (χ1n) is 10.6. The number of rotatable bonds is 6. The lowest BCUT2D eigenvalue weighted by Crippen LogP contribution is -2.37. The van der Waals surface area contributed by atoms with Crippen molar-refractivity contribution < 1.29 is 14.3 Å². The Kier molecular flexibility index (Phi) is 6.21. The zero-order chi connectivity index (χ0) is 21.1. The molecule has 158 valence electrons. The molecule has 3 aromatic rings. The Balaban J connectivity index is 1.37. The average molecular weight is 408 g/mol. The Labute approximate surface area is 176 Å². The Morgan fingerprint density at radius 3 is 2.63 bits per heavy atom. The zero-order valence-electron chi connectivity index (χ0n) is 17.7. The number of aliphatic hydroxyl groups is 1. The molecule has 0 bridgehead atoms. The summed E-state index contributed by atoms with van der Waals surface area (Å²) in [7, 11) is 0. The molecule has 1 fully saturated rings. The van der Waals surface area contributed by atoms with Gasteiger partial charge in [-0.25, -0.2) is 4.79 Å². The van der Waals surface area contributed by atoms with Crippen LogP contribution in [0.3, 0.4) is 0 Å². The minimum Gasteiger partial charge on any atom is -0.493 e. The van der Waals surface area contributed by atoms with E-state index in [4.69, 9.17) is 9.15 Å². The summed E-state index contributed by atoms with van der Waals surface area (Å²) in [5.41, 5.74) is 4.13. The summed E-state index contributed by atoms with van der Waals surface area (Å²) in [5.74, 6) is 1.21. The minimum absolute atomic E-state index is 0.0841. The average Bonchev–Trinajstić information content (AvgIpc) is 2.77. The lowest BCUT2D eigenvalue weighted by Gasteiger charge is -2.32. The molecule has 5 heteroatoms. The first-order chi connectivity index (χ1) is 14.5. The van der Waals surface area contributed by atoms with Gasteiger partial charge in [-0.05, 0) is 62.1 Å². The summed E-state index contributed by atoms with van der Waals surface area (Å²) in [5, 5.41) is 10.1. The highest BCUT2D eigenvalue weighted by Gasteiger charge is 2.21. The second-order valence-electron chi connectivity index (χ2n) is 8.33. The maximum absolute atomic E-state index is 12.0. The maximum atomic E-state index is 12.0. The number of fused-ring (bicyclic) bond motifs is 1. The van der Waals surface area contributed by atoms with Crippen molar-refractivity contribution in [1.82, 2.24) is 4.90 Å². The molecule has 0 aliphatic carbocycles. The van der Waals surface area contributed by atoms with Crippen LogP contribution in [0, 0.1) is 19.8 Å². The number of hydrogen-bond donors (Lipinski definition) is 1. The highest BCUT2D eigenvalue weighted by atomic mass is 16.5. The third kappa shape index (κ3) is 4.58. The van der Waals surface area contributed by atoms with Gasteiger partial charge in [0, 0.05) is 36.0 Å². The first kappa shape index (κ1) is 20.6. The van der Waals surface area contributed by atoms with Crippen LogP contribution in [0.2, 0.25) is 0 Å². The van der Waals surface area contributed by atoms with Crippen LogP contribution < -0.4 is 10.4 Å². The van der Waals surface area contributed by atoms with Gasteiger partial charge in [0.25, 0.3) is 0 Å². The summed E-state index contributed by atoms with van der Waals surface area (Å²) in [6.45, 7) is 7.49. The molecule has 2 aromatic carbocycles. The molecule has 1 unspecified atom stereocenters. The van der Waals surface area contributed by atoms with Gasteiger partial charge in [0.15, 0.2) is 0 Å². The number of aliphatic hydroxyl groups excluding tert-OH is 1. The molecule has 5 nitrogen and oxygen atoms in total. The van der Waals surface area contributed by atoms with Crippen molar-refractivity contribution in [3.63, 3.8) is 0 Å². The molecule has 1 aromatic heterocycles. The Hall–Kier alpha value is -2.63. The third-order valence-corrected chi connectivity index (χ3v) is 6.13. The van der Waals surface area contributed by atoms with Gasteiger partial charge in [0.1, 0.15) is 11.3 Å². The van der Waals surface area contributed by atoms with Crippen molar-refractivity contribution in [2.75, 3.05) is 19.7 Å². The van der Waals surface area contributed by atoms with E-state index in [0.29, 0.717) is 23.7 Å². The van der Waals surface area contributed by atoms with Gasteiger partial charge in [-0.15, -0.1) is 0 Å². The maximum Gasteiger partial charge on any atom is 0.339 e. The molecule has 0 amide bonds. The largest absolute Gasteiger partial charge is 0.493 e. The van der Waals surface area contributed by atoms with Crippen LogP contribution >= 0.6 is 0 Å². The Morgan fingerprint density at radius 2 is 1.87 bits per heavy atom. The van der Waals surface area contributed by atoms with Crippen LogP contribution in [-0.2, 0) is 13.2 Å². The number of hydrogen-bond acceptors (Lipinski definition) is 5. The van der Waals surface area contributed by atoms with Crippen molar-refractivity contribution in [2.45, 2.75) is 39.8 Å². The number of aryl methyl sites for hydroxylation is 1. The highest BCUT2D eigenvalue weighted by Crippen LogP contribution is 2.25. The van der Waals surface area contributed by atoms with Crippen molar-refractivity contribution >= 4 is 11.0 Å². The molecule has 1 aliphatic heterocycles. The van der Waals surface area contributed by atoms with Gasteiger partial charge in [-0.3, -0.25) is 4.90 Å². The van der Waals surface area contributed by atoms with E-state index in [2.05, 4.69) is 17.0 Å². The number of ether oxygens (including phenoxy) is 1. The lowest BCUT2D eigenvalue weighted by molar-refractivity contribution is 0.125. The molecule has 4 rings (SSSR count). The first-order valence-corrected chi connectivity index (χ1v) is 10.6. The summed E-state index contributed by atoms with van der Waals surface area (Å²) in [6.07, 6.45) is 2.31. The van der Waals surface area contributed by atoms with Crippen molar-refractivity contribution in [2.24, 2.45) is 5.92 Å². The van der Waals surface area contributed by atoms with E-state index < -0.39 is 0 Å². The van der Waals surface area contributed by atoms with Gasteiger partial charge < -0.3 is 14.3 Å². The molecule has 1 saturated heterocycles. The molecule has 30 heavy (non-hydrogen) atoms. The normalized spacial score (nSPS) is 17.4. The van der Waals surface area contributed by atoms with Crippen LogP contribution in [0.4, 0.5) is 0 Å². The van der Waals surface area contributed by atoms with E-state index in [-0.39, 0.29) is 12.2 Å². The SMILES string of the molecule is Cc1c(C)c2ccc(OCC3CCCN(Cc4ccc(CO)cc4)C3)cc2oc1=O. The van der Waals surface area contributed by atoms with Crippen LogP contribution in [-0.4, -0.2) is 29.7 Å². The fourth-order valence-corrected chi connectivity index (χ4v) is 4.17. The van der Waals surface area contributed by atoms with Gasteiger partial charge in [-0.2, -0.15) is 0 Å². The lowest BCUT2D eigenvalue weighted by atomic mass is 9.98. The monoisotopic (exact) mass is 407 g/mol. The Morgan fingerprint density at radius 1 is 1.10 bits per heavy atom. The summed E-state index contributed by atoms with van der Waals surface area (Å²) >= 11 is 0. The minimum atomic E-state index is -0.285. The summed E-state index contributed by atoms with van der Waals surface area (Å²) in [4.78, 5) is 14.4. The second-order valence-corrected chi connectivity index (χ2v) is 8.33. The summed E-state index contributed by atoms with van der Waals surface area (Å²) < 4.78 is 11.5. The van der Waals surface area contributed by atoms with Crippen molar-refractivity contribution in [3.8, 4) is 5.75 Å². The van der Waals surface area contributed by atoms with Crippen LogP contribution in [0.5, 0.6) is 5.75 Å². The number of benzene rings is 2. The Bertz CT molecular complexity index is 1070. The predicted octanol–water partition coefficient (Wildman–Crippen LogP) is 4.19. The third-order valence-electron chi connectivity index (χ3n) is 6.13. The topological polar surface area (TPSA) is 62.9 Å². The van der Waals surface area contributed by atoms with Gasteiger partial charge >= 0.3 is 5.63 Å². The molecule has 1 aliphatic rings. The predicted molar refractivity (Wildman–Crippen MR) is 118 cm³/mol. The molecular weight excluding hydrogens is 378 g/mol. The standard InChI is InChI=1S/C25H29NO4/c1-17-18(2)25(28)30-24-12-22(9-10-23(17)24)29-16-21-4-3-11-26(14-21)13-19-5-7-20(15-27)8-6-19/h5-10,12,21,27H,3-4,11,13-16H2,1-2H3. The van der Waals surface area contributed by atoms with Gasteiger partial charge in [0.05, 0.1) is 13.2 Å². The van der Waals surface area contributed by atoms with E-state index in [1.165, 1.54) is 5.56 Å². The van der Waals surface area contributed by atoms with E-state index in [0.717, 1.165) is 54.7 Å². The fraction of sp³-hybridized carbons (Fsp3) is 0.400. The molecule has 1 atom stereocenters. The number of nitrogens with zero attached hydrogens (tertiary/aromatic N) is 1. The van der Waals surface area contributed by atoms with Crippen LogP contribution in [0.15, 0.2) is 51.7 Å². The van der Waals surface area contributed by atoms with Gasteiger partial charge in [0.2, 0.25) is 0 Å². The number of likely N-dealkylation sites (tertiary alicyclic amines) is 1. The molecule has 0 radical (unpaired) electrons. The molecular formula is C25H29NO4. The number of piperidine rings is 1. The summed E-state index contributed by atoms with van der Waals surface area (Å²) in [6, 6.07) is 13.9. The van der Waals surface area contributed by atoms with E-state index >= 15 is 0 Å². The molecule has 2 heterocycles. The molecule has 0 saturated carbocycles. The van der Waals surface area contributed by atoms with E-state index in [1.807, 2.05) is 37.3 Å². The second kappa shape index (κ2) is 9.02. The highest BCUT2D eigenvalue weighted by molar-refractivity contribution is 5.82. The van der Waals surface area contributed by atoms with Crippen LogP contribution in [0.1, 0.15) is 35.1 Å². The zero-order valence-corrected chi connectivity index (χ0v) is 17.7. The van der Waals surface area contributed by atoms with E-state index in [9.17, 15) is 9.90 Å².